The number of urea groups is 1. The van der Waals surface area contributed by atoms with Gasteiger partial charge in [-0.3, -0.25) is 4.68 Å². The molecule has 1 aliphatic rings. The molecule has 0 radical (unpaired) electrons. The first kappa shape index (κ1) is 16.4. The molecule has 1 fully saturated rings. The van der Waals surface area contributed by atoms with Crippen molar-refractivity contribution in [3.05, 3.63) is 35.6 Å². The lowest BCUT2D eigenvalue weighted by atomic mass is 10.0. The quantitative estimate of drug-likeness (QED) is 0.900. The Morgan fingerprint density at radius 2 is 2.17 bits per heavy atom. The molecule has 1 N–H and O–H groups in total. The van der Waals surface area contributed by atoms with Crippen molar-refractivity contribution < 1.29 is 14.3 Å². The third kappa shape index (κ3) is 3.56. The van der Waals surface area contributed by atoms with E-state index in [-0.39, 0.29) is 6.03 Å². The van der Waals surface area contributed by atoms with Crippen molar-refractivity contribution in [2.24, 2.45) is 5.92 Å². The number of ether oxygens (including phenoxy) is 2. The maximum Gasteiger partial charge on any atom is 0.321 e. The fraction of sp³-hybridized carbons (Fsp3) is 0.375. The van der Waals surface area contributed by atoms with Gasteiger partial charge in [-0.2, -0.15) is 5.10 Å². The Kier molecular flexibility index (Phi) is 4.80. The third-order valence-corrected chi connectivity index (χ3v) is 4.14. The van der Waals surface area contributed by atoms with Crippen LogP contribution in [0, 0.1) is 5.92 Å². The average molecular weight is 351 g/mol. The molecule has 7 nitrogen and oxygen atoms in total. The summed E-state index contributed by atoms with van der Waals surface area (Å²) >= 11 is 5.85. The van der Waals surface area contributed by atoms with E-state index in [2.05, 4.69) is 10.4 Å². The number of hydrogen-bond acceptors (Lipinski definition) is 4. The summed E-state index contributed by atoms with van der Waals surface area (Å²) in [5.74, 6) is 1.61. The molecule has 0 bridgehead atoms. The number of methoxy groups -OCH3 is 2. The summed E-state index contributed by atoms with van der Waals surface area (Å²) in [7, 11) is 3.14. The molecule has 3 rings (SSSR count). The van der Waals surface area contributed by atoms with Gasteiger partial charge in [0.05, 0.1) is 31.1 Å². The predicted molar refractivity (Wildman–Crippen MR) is 90.9 cm³/mol. The van der Waals surface area contributed by atoms with Crippen LogP contribution >= 0.6 is 11.6 Å². The molecular formula is C16H19ClN4O3. The number of halogens is 1. The number of nitrogens with zero attached hydrogens (tertiary/aromatic N) is 3. The molecule has 2 amide bonds. The van der Waals surface area contributed by atoms with Crippen molar-refractivity contribution >= 4 is 23.3 Å². The molecule has 2 aromatic rings. The van der Waals surface area contributed by atoms with E-state index in [1.54, 1.807) is 54.4 Å². The number of hydrogen-bond donors (Lipinski definition) is 1. The number of aromatic nitrogens is 2. The fourth-order valence-corrected chi connectivity index (χ4v) is 2.81. The van der Waals surface area contributed by atoms with E-state index in [9.17, 15) is 4.79 Å². The summed E-state index contributed by atoms with van der Waals surface area (Å²) in [4.78, 5) is 14.1. The zero-order valence-electron chi connectivity index (χ0n) is 13.5. The first-order valence-electron chi connectivity index (χ1n) is 7.55. The van der Waals surface area contributed by atoms with Crippen LogP contribution in [-0.2, 0) is 6.54 Å². The second kappa shape index (κ2) is 7.00. The molecule has 24 heavy (non-hydrogen) atoms. The molecular weight excluding hydrogens is 332 g/mol. The van der Waals surface area contributed by atoms with Crippen LogP contribution in [-0.4, -0.2) is 48.0 Å². The summed E-state index contributed by atoms with van der Waals surface area (Å²) in [5, 5.41) is 7.64. The van der Waals surface area contributed by atoms with Gasteiger partial charge in [0, 0.05) is 37.8 Å². The Morgan fingerprint density at radius 1 is 1.38 bits per heavy atom. The van der Waals surface area contributed by atoms with E-state index >= 15 is 0 Å². The van der Waals surface area contributed by atoms with Crippen LogP contribution in [0.15, 0.2) is 30.6 Å². The maximum absolute atomic E-state index is 12.3. The number of carbonyl (C=O) groups excluding carboxylic acids is 1. The zero-order chi connectivity index (χ0) is 17.1. The van der Waals surface area contributed by atoms with Gasteiger partial charge in [-0.15, -0.1) is 0 Å². The van der Waals surface area contributed by atoms with Crippen LogP contribution in [0.2, 0.25) is 5.02 Å². The topological polar surface area (TPSA) is 68.6 Å². The lowest BCUT2D eigenvalue weighted by molar-refractivity contribution is 0.117. The van der Waals surface area contributed by atoms with Gasteiger partial charge in [0.2, 0.25) is 0 Å². The number of anilines is 1. The number of benzene rings is 1. The van der Waals surface area contributed by atoms with Gasteiger partial charge in [-0.05, 0) is 12.1 Å². The molecule has 0 unspecified atom stereocenters. The molecule has 128 valence electrons. The minimum atomic E-state index is -0.145. The fourth-order valence-electron chi connectivity index (χ4n) is 2.65. The Labute approximate surface area is 145 Å². The van der Waals surface area contributed by atoms with Gasteiger partial charge in [0.25, 0.3) is 0 Å². The third-order valence-electron chi connectivity index (χ3n) is 3.94. The summed E-state index contributed by atoms with van der Waals surface area (Å²) in [5.41, 5.74) is 0.616. The Morgan fingerprint density at radius 3 is 2.79 bits per heavy atom. The monoisotopic (exact) mass is 350 g/mol. The smallest absolute Gasteiger partial charge is 0.321 e. The molecule has 0 atom stereocenters. The van der Waals surface area contributed by atoms with Crippen LogP contribution in [0.4, 0.5) is 10.5 Å². The van der Waals surface area contributed by atoms with Gasteiger partial charge < -0.3 is 19.7 Å². The first-order valence-corrected chi connectivity index (χ1v) is 7.92. The van der Waals surface area contributed by atoms with Crippen LogP contribution in [0.25, 0.3) is 0 Å². The Bertz CT molecular complexity index is 728. The van der Waals surface area contributed by atoms with E-state index in [4.69, 9.17) is 21.1 Å². The van der Waals surface area contributed by atoms with E-state index in [0.717, 1.165) is 6.54 Å². The van der Waals surface area contributed by atoms with Gasteiger partial charge in [-0.25, -0.2) is 4.79 Å². The number of nitrogens with one attached hydrogen (secondary N) is 1. The molecule has 1 aromatic heterocycles. The molecule has 1 saturated heterocycles. The van der Waals surface area contributed by atoms with Gasteiger partial charge in [-0.1, -0.05) is 11.6 Å². The maximum atomic E-state index is 12.3. The minimum Gasteiger partial charge on any atom is -0.497 e. The van der Waals surface area contributed by atoms with E-state index in [0.29, 0.717) is 41.2 Å². The summed E-state index contributed by atoms with van der Waals surface area (Å²) in [6.07, 6.45) is 3.40. The van der Waals surface area contributed by atoms with Crippen molar-refractivity contribution in [1.82, 2.24) is 14.7 Å². The zero-order valence-corrected chi connectivity index (χ0v) is 14.3. The Balaban J connectivity index is 1.53. The molecule has 1 aromatic carbocycles. The average Bonchev–Trinajstić information content (AvgIpc) is 2.95. The van der Waals surface area contributed by atoms with Gasteiger partial charge >= 0.3 is 6.03 Å². The second-order valence-corrected chi connectivity index (χ2v) is 6.08. The number of carbonyl (C=O) groups is 1. The Hall–Kier alpha value is -2.41. The molecule has 1 aliphatic heterocycles. The van der Waals surface area contributed by atoms with Crippen molar-refractivity contribution in [2.75, 3.05) is 32.6 Å². The SMILES string of the molecule is COc1ccc(NC(=O)N2CC(Cn3cc(Cl)cn3)C2)c(OC)c1. The second-order valence-electron chi connectivity index (χ2n) is 5.65. The lowest BCUT2D eigenvalue weighted by Crippen LogP contribution is -2.53. The lowest BCUT2D eigenvalue weighted by Gasteiger charge is -2.39. The number of likely N-dealkylation sites (tertiary alicyclic amines) is 1. The van der Waals surface area contributed by atoms with Gasteiger partial charge in [0.1, 0.15) is 11.5 Å². The summed E-state index contributed by atoms with van der Waals surface area (Å²) in [6.45, 7) is 2.12. The first-order chi connectivity index (χ1) is 11.6. The molecule has 0 aliphatic carbocycles. The highest BCUT2D eigenvalue weighted by atomic mass is 35.5. The minimum absolute atomic E-state index is 0.145. The van der Waals surface area contributed by atoms with Crippen LogP contribution < -0.4 is 14.8 Å². The molecule has 0 spiro atoms. The molecule has 0 saturated carbocycles. The number of amides is 2. The molecule has 2 heterocycles. The highest BCUT2D eigenvalue weighted by Crippen LogP contribution is 2.30. The van der Waals surface area contributed by atoms with Crippen molar-refractivity contribution in [2.45, 2.75) is 6.54 Å². The van der Waals surface area contributed by atoms with Gasteiger partial charge in [0.15, 0.2) is 0 Å². The summed E-state index contributed by atoms with van der Waals surface area (Å²) < 4.78 is 12.2. The standard InChI is InChI=1S/C16H19ClN4O3/c1-23-13-3-4-14(15(5-13)24-2)19-16(22)20-7-11(8-20)9-21-10-12(17)6-18-21/h3-6,10-11H,7-9H2,1-2H3,(H,19,22). The molecule has 8 heteroatoms. The van der Waals surface area contributed by atoms with Crippen LogP contribution in [0.5, 0.6) is 11.5 Å². The number of rotatable bonds is 5. The van der Waals surface area contributed by atoms with E-state index < -0.39 is 0 Å². The highest BCUT2D eigenvalue weighted by molar-refractivity contribution is 6.30. The largest absolute Gasteiger partial charge is 0.497 e. The van der Waals surface area contributed by atoms with Crippen molar-refractivity contribution in [3.63, 3.8) is 0 Å². The predicted octanol–water partition coefficient (Wildman–Crippen LogP) is 2.72. The highest BCUT2D eigenvalue weighted by Gasteiger charge is 2.31. The normalized spacial score (nSPS) is 14.2. The van der Waals surface area contributed by atoms with Crippen molar-refractivity contribution in [3.8, 4) is 11.5 Å². The van der Waals surface area contributed by atoms with Crippen LogP contribution in [0.1, 0.15) is 0 Å². The van der Waals surface area contributed by atoms with E-state index in [1.165, 1.54) is 0 Å². The van der Waals surface area contributed by atoms with Crippen LogP contribution in [0.3, 0.4) is 0 Å². The van der Waals surface area contributed by atoms with Crippen molar-refractivity contribution in [1.29, 1.82) is 0 Å². The summed E-state index contributed by atoms with van der Waals surface area (Å²) in [6, 6.07) is 5.13. The van der Waals surface area contributed by atoms with E-state index in [1.807, 2.05) is 0 Å².